The molecule has 2 fully saturated rings. The fourth-order valence-corrected chi connectivity index (χ4v) is 13.2. The normalized spacial score (nSPS) is 13.7. The van der Waals surface area contributed by atoms with Crippen molar-refractivity contribution in [3.05, 3.63) is 163 Å². The Balaban J connectivity index is 0.000000144. The van der Waals surface area contributed by atoms with Gasteiger partial charge in [-0.25, -0.2) is 23.2 Å². The maximum atomic E-state index is 13.3. The van der Waals surface area contributed by atoms with Crippen LogP contribution in [0.15, 0.2) is 141 Å². The first kappa shape index (κ1) is 60.6. The van der Waals surface area contributed by atoms with Crippen molar-refractivity contribution in [1.82, 2.24) is 46.7 Å². The Morgan fingerprint density at radius 1 is 0.540 bits per heavy atom. The standard InChI is InChI=1S/C22H23N5O4S.C21H21N5O2.C19H15ClN2O3.CH4.B/c1-14(28)25-10-12-26(13-11-25)18-9-8-15-19(29)20(32(3,30)31)22-24(2)16-6-4-5-7-17(16)27(22)21(15)23-18;1-14(27)24-9-11-25(12-10-24)19-8-7-15-18(28)13-20-23(2)16-5-3-4-6-17(16)26(20)21(15)22-19;1-3-25-19(24)16-17(23)12-9-8-11(20)10-15(12)22-14-7-5-4-6-13(14)21(2)18(16)22;;/h4-9H,10-13H2,1-3H3;3-8,13H,9-12H2,1-2H3;4-10H,3H2,1-2H3;1H4;. The van der Waals surface area contributed by atoms with Crippen LogP contribution in [0.5, 0.6) is 0 Å². The third kappa shape index (κ3) is 10.3. The van der Waals surface area contributed by atoms with Crippen LogP contribution in [0.3, 0.4) is 0 Å². The first-order valence-electron chi connectivity index (χ1n) is 27.7. The quantitative estimate of drug-likeness (QED) is 0.121. The molecule has 14 rings (SSSR count). The van der Waals surface area contributed by atoms with E-state index in [2.05, 4.69) is 14.2 Å². The summed E-state index contributed by atoms with van der Waals surface area (Å²) in [5.74, 6) is 1.06. The monoisotopic (exact) mass is 1210 g/mol. The third-order valence-corrected chi connectivity index (χ3v) is 17.6. The molecule has 8 aromatic heterocycles. The molecular weight excluding hydrogens is 1150 g/mol. The number of ether oxygens (including phenoxy) is 1. The lowest BCUT2D eigenvalue weighted by Crippen LogP contribution is -2.48. The van der Waals surface area contributed by atoms with Gasteiger partial charge in [-0.05, 0) is 85.8 Å². The molecule has 0 spiro atoms. The van der Waals surface area contributed by atoms with Gasteiger partial charge in [0.2, 0.25) is 22.7 Å². The van der Waals surface area contributed by atoms with Crippen LogP contribution >= 0.6 is 11.6 Å². The summed E-state index contributed by atoms with van der Waals surface area (Å²) in [4.78, 5) is 92.2. The Hall–Kier alpha value is -9.48. The van der Waals surface area contributed by atoms with Crippen LogP contribution in [0.2, 0.25) is 5.02 Å². The minimum atomic E-state index is -3.80. The maximum Gasteiger partial charge on any atom is 0.345 e. The van der Waals surface area contributed by atoms with Crippen LogP contribution in [-0.2, 0) is 45.3 Å². The molecule has 0 N–H and O–H groups in total. The number of anilines is 2. The second-order valence-corrected chi connectivity index (χ2v) is 23.6. The minimum absolute atomic E-state index is 0. The second-order valence-electron chi connectivity index (χ2n) is 21.2. The highest BCUT2D eigenvalue weighted by Crippen LogP contribution is 2.31. The van der Waals surface area contributed by atoms with E-state index in [9.17, 15) is 37.2 Å². The molecule has 445 valence electrons. The smallest absolute Gasteiger partial charge is 0.345 e. The Labute approximate surface area is 505 Å². The first-order chi connectivity index (χ1) is 40.8. The minimum Gasteiger partial charge on any atom is -0.462 e. The number of amides is 2. The van der Waals surface area contributed by atoms with Crippen molar-refractivity contribution in [3.8, 4) is 0 Å². The number of halogens is 1. The van der Waals surface area contributed by atoms with E-state index in [0.29, 0.717) is 89.0 Å². The van der Waals surface area contributed by atoms with Crippen LogP contribution in [0.1, 0.15) is 38.6 Å². The Morgan fingerprint density at radius 2 is 0.989 bits per heavy atom. The molecule has 4 aromatic carbocycles. The van der Waals surface area contributed by atoms with Crippen LogP contribution in [-0.4, -0.2) is 147 Å². The van der Waals surface area contributed by atoms with E-state index < -0.39 is 21.2 Å². The molecular formula is C63H63BClN12O9S. The number of esters is 1. The van der Waals surface area contributed by atoms with Crippen LogP contribution in [0.4, 0.5) is 11.6 Å². The number of piperazine rings is 2. The van der Waals surface area contributed by atoms with Crippen molar-refractivity contribution in [1.29, 1.82) is 0 Å². The lowest BCUT2D eigenvalue weighted by atomic mass is 10.1. The summed E-state index contributed by atoms with van der Waals surface area (Å²) >= 11 is 6.17. The molecule has 0 unspecified atom stereocenters. The van der Waals surface area contributed by atoms with Crippen molar-refractivity contribution in [2.24, 2.45) is 21.1 Å². The molecule has 3 radical (unpaired) electrons. The molecule has 0 aliphatic carbocycles. The van der Waals surface area contributed by atoms with E-state index >= 15 is 0 Å². The highest BCUT2D eigenvalue weighted by atomic mass is 35.5. The number of para-hydroxylation sites is 6. The third-order valence-electron chi connectivity index (χ3n) is 16.3. The molecule has 2 saturated heterocycles. The van der Waals surface area contributed by atoms with Gasteiger partial charge in [-0.2, -0.15) is 0 Å². The molecule has 2 amide bonds. The van der Waals surface area contributed by atoms with Crippen LogP contribution in [0.25, 0.3) is 83.0 Å². The van der Waals surface area contributed by atoms with E-state index in [1.165, 1.54) is 0 Å². The number of rotatable bonds is 5. The van der Waals surface area contributed by atoms with Gasteiger partial charge in [0.25, 0.3) is 0 Å². The topological polar surface area (TPSA) is 213 Å². The lowest BCUT2D eigenvalue weighted by Gasteiger charge is -2.35. The lowest BCUT2D eigenvalue weighted by molar-refractivity contribution is -0.129. The number of pyridine rings is 5. The number of aryl methyl sites for hydroxylation is 3. The predicted octanol–water partition coefficient (Wildman–Crippen LogP) is 7.45. The number of nitrogens with zero attached hydrogens (tertiary/aromatic N) is 12. The van der Waals surface area contributed by atoms with Crippen molar-refractivity contribution in [2.45, 2.75) is 33.1 Å². The van der Waals surface area contributed by atoms with Gasteiger partial charge < -0.3 is 38.0 Å². The molecule has 24 heteroatoms. The van der Waals surface area contributed by atoms with E-state index in [0.717, 1.165) is 63.9 Å². The summed E-state index contributed by atoms with van der Waals surface area (Å²) in [5.41, 5.74) is 7.93. The zero-order valence-electron chi connectivity index (χ0n) is 48.3. The van der Waals surface area contributed by atoms with E-state index in [4.69, 9.17) is 26.3 Å². The molecule has 10 heterocycles. The summed E-state index contributed by atoms with van der Waals surface area (Å²) in [7, 11) is 1.75. The van der Waals surface area contributed by atoms with Gasteiger partial charge in [0.1, 0.15) is 34.1 Å². The second kappa shape index (κ2) is 23.4. The molecule has 12 aromatic rings. The number of aromatic nitrogens is 8. The summed E-state index contributed by atoms with van der Waals surface area (Å²) < 4.78 is 41.8. The number of hydrogen-bond acceptors (Lipinski definition) is 13. The average molecular weight is 1210 g/mol. The fourth-order valence-electron chi connectivity index (χ4n) is 12.0. The number of carbonyl (C=O) groups excluding carboxylic acids is 3. The molecule has 0 atom stereocenters. The van der Waals surface area contributed by atoms with Gasteiger partial charge in [0, 0.05) is 118 Å². The van der Waals surface area contributed by atoms with Gasteiger partial charge >= 0.3 is 5.97 Å². The molecule has 21 nitrogen and oxygen atoms in total. The van der Waals surface area contributed by atoms with E-state index in [1.807, 2.05) is 117 Å². The van der Waals surface area contributed by atoms with E-state index in [-0.39, 0.29) is 61.0 Å². The number of fused-ring (bicyclic) bond motifs is 15. The van der Waals surface area contributed by atoms with Crippen molar-refractivity contribution in [2.75, 3.05) is 75.0 Å². The Bertz CT molecular complexity index is 5110. The van der Waals surface area contributed by atoms with Crippen LogP contribution < -0.4 is 26.1 Å². The number of imidazole rings is 3. The molecule has 2 aliphatic heterocycles. The molecule has 2 aliphatic rings. The predicted molar refractivity (Wildman–Crippen MR) is 344 cm³/mol. The maximum absolute atomic E-state index is 13.3. The van der Waals surface area contributed by atoms with Gasteiger partial charge in [-0.3, -0.25) is 37.2 Å². The highest BCUT2D eigenvalue weighted by Gasteiger charge is 2.29. The first-order valence-corrected chi connectivity index (χ1v) is 30.0. The number of sulfone groups is 1. The average Bonchev–Trinajstić information content (AvgIpc) is 1.66. The number of carbonyl (C=O) groups is 3. The zero-order valence-corrected chi connectivity index (χ0v) is 49.9. The Kier molecular flexibility index (Phi) is 16.3. The zero-order chi connectivity index (χ0) is 59.9. The molecule has 0 bridgehead atoms. The van der Waals surface area contributed by atoms with Crippen molar-refractivity contribution >= 4 is 142 Å². The summed E-state index contributed by atoms with van der Waals surface area (Å²) in [5, 5.41) is 1.82. The van der Waals surface area contributed by atoms with Gasteiger partial charge in [-0.1, -0.05) is 55.4 Å². The SMILES string of the molecule is C.CC(=O)N1CCN(c2ccc3c(=O)c(S(C)(=O)=O)c4n(C)c5ccccc5n4c3n2)CC1.CC(=O)N1CCN(c2ccc3c(=O)cc4n(C)c5ccccc5n4c3n2)CC1.CCOC(=O)c1c(=O)c2ccc(Cl)cc2n2c3ccccc3n(C)c12.[B]. The van der Waals surface area contributed by atoms with Gasteiger partial charge in [-0.15, -0.1) is 0 Å². The van der Waals surface area contributed by atoms with Crippen LogP contribution in [0, 0.1) is 0 Å². The summed E-state index contributed by atoms with van der Waals surface area (Å²) in [6.45, 7) is 10.4. The largest absolute Gasteiger partial charge is 0.462 e. The number of hydrogen-bond donors (Lipinski definition) is 0. The number of benzene rings is 4. The van der Waals surface area contributed by atoms with E-state index in [1.54, 1.807) is 78.1 Å². The Morgan fingerprint density at radius 3 is 1.49 bits per heavy atom. The molecule has 87 heavy (non-hydrogen) atoms. The van der Waals surface area contributed by atoms with Crippen molar-refractivity contribution < 1.29 is 27.5 Å². The summed E-state index contributed by atoms with van der Waals surface area (Å²) in [6, 6.07) is 37.2. The van der Waals surface area contributed by atoms with Gasteiger partial charge in [0.05, 0.1) is 56.0 Å². The van der Waals surface area contributed by atoms with Gasteiger partial charge in [0.15, 0.2) is 31.5 Å². The highest BCUT2D eigenvalue weighted by molar-refractivity contribution is 7.91. The fraction of sp³-hybridized carbons (Fsp3) is 0.270. The summed E-state index contributed by atoms with van der Waals surface area (Å²) in [6.07, 6.45) is 1.06. The van der Waals surface area contributed by atoms with Crippen molar-refractivity contribution in [3.63, 3.8) is 0 Å². The molecule has 0 saturated carbocycles.